The van der Waals surface area contributed by atoms with Gasteiger partial charge in [0.25, 0.3) is 0 Å². The number of aromatic nitrogens is 2. The van der Waals surface area contributed by atoms with Gasteiger partial charge in [0.1, 0.15) is 0 Å². The van der Waals surface area contributed by atoms with Crippen LogP contribution in [0.1, 0.15) is 32.2 Å². The minimum Gasteiger partial charge on any atom is -0.416 e. The van der Waals surface area contributed by atoms with Crippen molar-refractivity contribution in [1.82, 2.24) is 10.2 Å². The summed E-state index contributed by atoms with van der Waals surface area (Å²) in [7, 11) is 0. The summed E-state index contributed by atoms with van der Waals surface area (Å²) in [5.41, 5.74) is 3.05. The first-order valence-electron chi connectivity index (χ1n) is 7.07. The molecule has 0 saturated heterocycles. The van der Waals surface area contributed by atoms with Gasteiger partial charge in [-0.15, -0.1) is 10.2 Å². The molecule has 2 rings (SSSR count). The van der Waals surface area contributed by atoms with Gasteiger partial charge in [-0.1, -0.05) is 62.4 Å². The van der Waals surface area contributed by atoms with Crippen LogP contribution in [0.25, 0.3) is 17.0 Å². The topological polar surface area (TPSA) is 38.9 Å². The van der Waals surface area contributed by atoms with Crippen molar-refractivity contribution in [3.63, 3.8) is 0 Å². The molecule has 1 aromatic heterocycles. The molecular formula is C18H22N2O. The molecule has 1 heterocycles. The maximum Gasteiger partial charge on any atom is 0.248 e. The molecule has 0 atom stereocenters. The third kappa shape index (κ3) is 4.88. The lowest BCUT2D eigenvalue weighted by Gasteiger charge is -1.95. The van der Waals surface area contributed by atoms with E-state index in [1.54, 1.807) is 6.08 Å². The summed E-state index contributed by atoms with van der Waals surface area (Å²) in [6.45, 7) is 11.6. The van der Waals surface area contributed by atoms with Crippen molar-refractivity contribution >= 4 is 5.57 Å². The Balaban J connectivity index is 0.00000106. The Morgan fingerprint density at radius 1 is 1.10 bits per heavy atom. The lowest BCUT2D eigenvalue weighted by molar-refractivity contribution is 0.553. The van der Waals surface area contributed by atoms with E-state index in [0.29, 0.717) is 11.8 Å². The highest BCUT2D eigenvalue weighted by Crippen LogP contribution is 2.21. The van der Waals surface area contributed by atoms with Crippen molar-refractivity contribution in [3.05, 3.63) is 66.6 Å². The second-order valence-corrected chi connectivity index (χ2v) is 4.25. The molecule has 0 N–H and O–H groups in total. The van der Waals surface area contributed by atoms with Crippen LogP contribution in [0, 0.1) is 6.92 Å². The molecule has 0 fully saturated rings. The smallest absolute Gasteiger partial charge is 0.248 e. The summed E-state index contributed by atoms with van der Waals surface area (Å²) < 4.78 is 5.65. The van der Waals surface area contributed by atoms with E-state index in [0.717, 1.165) is 11.1 Å². The van der Waals surface area contributed by atoms with Crippen LogP contribution in [-0.4, -0.2) is 10.2 Å². The van der Waals surface area contributed by atoms with Crippen molar-refractivity contribution in [2.45, 2.75) is 27.7 Å². The molecule has 0 aliphatic rings. The number of allylic oxidation sites excluding steroid dienone is 5. The fraction of sp³-hybridized carbons (Fsp3) is 0.222. The highest BCUT2D eigenvalue weighted by atomic mass is 16.4. The second kappa shape index (κ2) is 8.69. The van der Waals surface area contributed by atoms with E-state index in [-0.39, 0.29) is 0 Å². The standard InChI is InChI=1S/C16H16N2O.C2H6/c1-4-5-6-7-13(3)15-17-18-16(19-15)14-10-8-12(2)9-11-14;1-2/h4-11H,1H2,2-3H3;1-2H3/b6-5-,13-7+;. The maximum atomic E-state index is 5.65. The number of hydrogen-bond donors (Lipinski definition) is 0. The van der Waals surface area contributed by atoms with E-state index in [1.807, 2.05) is 70.2 Å². The molecule has 0 saturated carbocycles. The molecular weight excluding hydrogens is 260 g/mol. The third-order valence-electron chi connectivity index (χ3n) is 2.65. The summed E-state index contributed by atoms with van der Waals surface area (Å²) in [5.74, 6) is 1.07. The lowest BCUT2D eigenvalue weighted by Crippen LogP contribution is -1.78. The first-order valence-corrected chi connectivity index (χ1v) is 7.07. The molecule has 1 aromatic carbocycles. The molecule has 0 aliphatic carbocycles. The van der Waals surface area contributed by atoms with Crippen LogP contribution in [-0.2, 0) is 0 Å². The van der Waals surface area contributed by atoms with E-state index < -0.39 is 0 Å². The Kier molecular flexibility index (Phi) is 6.88. The fourth-order valence-corrected chi connectivity index (χ4v) is 1.55. The van der Waals surface area contributed by atoms with Crippen LogP contribution >= 0.6 is 0 Å². The van der Waals surface area contributed by atoms with Crippen LogP contribution in [0.3, 0.4) is 0 Å². The van der Waals surface area contributed by atoms with Gasteiger partial charge in [0.05, 0.1) is 0 Å². The van der Waals surface area contributed by atoms with Crippen LogP contribution in [0.2, 0.25) is 0 Å². The largest absolute Gasteiger partial charge is 0.416 e. The molecule has 0 amide bonds. The van der Waals surface area contributed by atoms with Gasteiger partial charge in [-0.3, -0.25) is 0 Å². The number of nitrogens with zero attached hydrogens (tertiary/aromatic N) is 2. The maximum absolute atomic E-state index is 5.65. The molecule has 0 bridgehead atoms. The van der Waals surface area contributed by atoms with E-state index in [1.165, 1.54) is 5.56 Å². The molecule has 0 spiro atoms. The Labute approximate surface area is 126 Å². The van der Waals surface area contributed by atoms with Gasteiger partial charge in [0.2, 0.25) is 11.8 Å². The summed E-state index contributed by atoms with van der Waals surface area (Å²) in [6, 6.07) is 8.00. The van der Waals surface area contributed by atoms with E-state index >= 15 is 0 Å². The van der Waals surface area contributed by atoms with Gasteiger partial charge in [-0.25, -0.2) is 0 Å². The van der Waals surface area contributed by atoms with Gasteiger partial charge in [-0.05, 0) is 26.0 Å². The molecule has 0 aliphatic heterocycles. The van der Waals surface area contributed by atoms with Gasteiger partial charge in [0, 0.05) is 11.1 Å². The average Bonchev–Trinajstić information content (AvgIpc) is 3.00. The zero-order chi connectivity index (χ0) is 15.7. The van der Waals surface area contributed by atoms with Gasteiger partial charge >= 0.3 is 0 Å². The number of hydrogen-bond acceptors (Lipinski definition) is 3. The zero-order valence-electron chi connectivity index (χ0n) is 13.1. The van der Waals surface area contributed by atoms with Gasteiger partial charge < -0.3 is 4.42 Å². The van der Waals surface area contributed by atoms with Crippen LogP contribution < -0.4 is 0 Å². The van der Waals surface area contributed by atoms with Crippen LogP contribution in [0.15, 0.2) is 59.6 Å². The van der Waals surface area contributed by atoms with Gasteiger partial charge in [-0.2, -0.15) is 0 Å². The minimum absolute atomic E-state index is 0.532. The highest BCUT2D eigenvalue weighted by molar-refractivity contribution is 5.60. The Hall–Kier alpha value is -2.42. The monoisotopic (exact) mass is 282 g/mol. The summed E-state index contributed by atoms with van der Waals surface area (Å²) in [5, 5.41) is 8.11. The van der Waals surface area contributed by atoms with E-state index in [4.69, 9.17) is 4.42 Å². The molecule has 3 heteroatoms. The van der Waals surface area contributed by atoms with Crippen molar-refractivity contribution in [3.8, 4) is 11.5 Å². The molecule has 110 valence electrons. The fourth-order valence-electron chi connectivity index (χ4n) is 1.55. The van der Waals surface area contributed by atoms with Crippen molar-refractivity contribution in [2.24, 2.45) is 0 Å². The molecule has 0 radical (unpaired) electrons. The van der Waals surface area contributed by atoms with Crippen molar-refractivity contribution in [2.75, 3.05) is 0 Å². The molecule has 0 unspecified atom stereocenters. The molecule has 2 aromatic rings. The quantitative estimate of drug-likeness (QED) is 0.722. The van der Waals surface area contributed by atoms with E-state index in [9.17, 15) is 0 Å². The normalized spacial score (nSPS) is 11.1. The number of benzene rings is 1. The minimum atomic E-state index is 0.532. The van der Waals surface area contributed by atoms with Crippen molar-refractivity contribution < 1.29 is 4.42 Å². The van der Waals surface area contributed by atoms with Crippen LogP contribution in [0.4, 0.5) is 0 Å². The molecule has 3 nitrogen and oxygen atoms in total. The Bertz CT molecular complexity index is 619. The first kappa shape index (κ1) is 16.6. The zero-order valence-corrected chi connectivity index (χ0v) is 13.1. The van der Waals surface area contributed by atoms with Crippen molar-refractivity contribution in [1.29, 1.82) is 0 Å². The predicted molar refractivity (Wildman–Crippen MR) is 88.8 cm³/mol. The number of aryl methyl sites for hydroxylation is 1. The summed E-state index contributed by atoms with van der Waals surface area (Å²) in [6.07, 6.45) is 7.36. The summed E-state index contributed by atoms with van der Waals surface area (Å²) in [4.78, 5) is 0. The highest BCUT2D eigenvalue weighted by Gasteiger charge is 2.08. The Morgan fingerprint density at radius 2 is 1.76 bits per heavy atom. The van der Waals surface area contributed by atoms with Crippen LogP contribution in [0.5, 0.6) is 0 Å². The van der Waals surface area contributed by atoms with E-state index in [2.05, 4.69) is 16.8 Å². The third-order valence-corrected chi connectivity index (χ3v) is 2.65. The Morgan fingerprint density at radius 3 is 2.38 bits per heavy atom. The molecule has 21 heavy (non-hydrogen) atoms. The predicted octanol–water partition coefficient (Wildman–Crippen LogP) is 5.22. The first-order chi connectivity index (χ1) is 10.2. The SMILES string of the molecule is C=C/C=C\C=C(/C)c1nnc(-c2ccc(C)cc2)o1.CC. The second-order valence-electron chi connectivity index (χ2n) is 4.25. The number of rotatable bonds is 4. The van der Waals surface area contributed by atoms with Gasteiger partial charge in [0.15, 0.2) is 0 Å². The summed E-state index contributed by atoms with van der Waals surface area (Å²) >= 11 is 0. The average molecular weight is 282 g/mol. The lowest BCUT2D eigenvalue weighted by atomic mass is 10.1.